The Morgan fingerprint density at radius 3 is 2.43 bits per heavy atom. The van der Waals surface area contributed by atoms with Gasteiger partial charge in [-0.25, -0.2) is 0 Å². The maximum absolute atomic E-state index is 5.78. The van der Waals surface area contributed by atoms with Gasteiger partial charge in [0.1, 0.15) is 0 Å². The van der Waals surface area contributed by atoms with Crippen LogP contribution in [0.2, 0.25) is 0 Å². The lowest BCUT2D eigenvalue weighted by Gasteiger charge is -2.13. The van der Waals surface area contributed by atoms with E-state index in [2.05, 4.69) is 23.2 Å². The van der Waals surface area contributed by atoms with Crippen LogP contribution in [0.5, 0.6) is 0 Å². The zero-order valence-corrected chi connectivity index (χ0v) is 7.98. The van der Waals surface area contributed by atoms with Gasteiger partial charge in [0.2, 0.25) is 0 Å². The summed E-state index contributed by atoms with van der Waals surface area (Å²) in [7, 11) is 0. The lowest BCUT2D eigenvalue weighted by Crippen LogP contribution is -2.13. The molecule has 14 heavy (non-hydrogen) atoms. The lowest BCUT2D eigenvalue weighted by molar-refractivity contribution is 0.794. The maximum Gasteiger partial charge on any atom is 0.0363 e. The van der Waals surface area contributed by atoms with Crippen molar-refractivity contribution in [1.82, 2.24) is 4.98 Å². The molecule has 72 valence electrons. The summed E-state index contributed by atoms with van der Waals surface area (Å²) in [5.74, 6) is 0.284. The molecule has 0 bridgehead atoms. The molecule has 0 aliphatic carbocycles. The summed E-state index contributed by atoms with van der Waals surface area (Å²) in [5.41, 5.74) is 8.22. The number of H-pyrrole nitrogens is 1. The SMILES string of the molecule is NCC(c1ccccc1)c1ccc[nH]1. The smallest absolute Gasteiger partial charge is 0.0363 e. The molecule has 0 saturated carbocycles. The standard InChI is InChI=1S/C12H14N2/c13-9-11(12-7-4-8-14-12)10-5-2-1-3-6-10/h1-8,11,14H,9,13H2. The zero-order valence-electron chi connectivity index (χ0n) is 7.98. The number of nitrogens with two attached hydrogens (primary N) is 1. The van der Waals surface area contributed by atoms with E-state index in [0.717, 1.165) is 0 Å². The highest BCUT2D eigenvalue weighted by atomic mass is 14.7. The second-order valence-corrected chi connectivity index (χ2v) is 3.32. The Morgan fingerprint density at radius 1 is 1.07 bits per heavy atom. The van der Waals surface area contributed by atoms with E-state index in [0.29, 0.717) is 6.54 Å². The van der Waals surface area contributed by atoms with Gasteiger partial charge in [-0.15, -0.1) is 0 Å². The third-order valence-corrected chi connectivity index (χ3v) is 2.44. The quantitative estimate of drug-likeness (QED) is 0.757. The normalized spacial score (nSPS) is 12.6. The number of aromatic amines is 1. The van der Waals surface area contributed by atoms with Crippen molar-refractivity contribution >= 4 is 0 Å². The van der Waals surface area contributed by atoms with Crippen molar-refractivity contribution in [2.24, 2.45) is 5.73 Å². The fourth-order valence-electron chi connectivity index (χ4n) is 1.69. The van der Waals surface area contributed by atoms with Crippen molar-refractivity contribution in [3.8, 4) is 0 Å². The monoisotopic (exact) mass is 186 g/mol. The summed E-state index contributed by atoms with van der Waals surface area (Å²) >= 11 is 0. The molecule has 0 radical (unpaired) electrons. The first kappa shape index (κ1) is 9.03. The Labute approximate surface area is 83.8 Å². The van der Waals surface area contributed by atoms with Gasteiger partial charge in [0.25, 0.3) is 0 Å². The van der Waals surface area contributed by atoms with E-state index in [-0.39, 0.29) is 5.92 Å². The third kappa shape index (κ3) is 1.70. The number of rotatable bonds is 3. The molecule has 0 aliphatic rings. The fourth-order valence-corrected chi connectivity index (χ4v) is 1.69. The lowest BCUT2D eigenvalue weighted by atomic mass is 9.96. The summed E-state index contributed by atoms with van der Waals surface area (Å²) in [4.78, 5) is 3.21. The van der Waals surface area contributed by atoms with Gasteiger partial charge >= 0.3 is 0 Å². The Morgan fingerprint density at radius 2 is 1.86 bits per heavy atom. The van der Waals surface area contributed by atoms with Crippen LogP contribution in [-0.2, 0) is 0 Å². The molecule has 2 nitrogen and oxygen atoms in total. The average molecular weight is 186 g/mol. The van der Waals surface area contributed by atoms with E-state index in [1.54, 1.807) is 0 Å². The molecule has 0 aliphatic heterocycles. The van der Waals surface area contributed by atoms with Crippen LogP contribution in [-0.4, -0.2) is 11.5 Å². The van der Waals surface area contributed by atoms with Gasteiger partial charge < -0.3 is 10.7 Å². The number of hydrogen-bond acceptors (Lipinski definition) is 1. The first-order chi connectivity index (χ1) is 6.92. The summed E-state index contributed by atoms with van der Waals surface area (Å²) in [6.07, 6.45) is 1.93. The van der Waals surface area contributed by atoms with Crippen LogP contribution >= 0.6 is 0 Å². The molecule has 0 saturated heterocycles. The Kier molecular flexibility index (Phi) is 2.65. The van der Waals surface area contributed by atoms with Crippen molar-refractivity contribution in [3.63, 3.8) is 0 Å². The summed E-state index contributed by atoms with van der Waals surface area (Å²) in [6.45, 7) is 0.629. The molecule has 3 N–H and O–H groups in total. The van der Waals surface area contributed by atoms with Crippen molar-refractivity contribution < 1.29 is 0 Å². The van der Waals surface area contributed by atoms with Gasteiger partial charge in [-0.05, 0) is 17.7 Å². The molecule has 1 atom stereocenters. The number of hydrogen-bond donors (Lipinski definition) is 2. The minimum absolute atomic E-state index is 0.284. The van der Waals surface area contributed by atoms with E-state index < -0.39 is 0 Å². The van der Waals surface area contributed by atoms with Crippen LogP contribution in [0.25, 0.3) is 0 Å². The molecule has 1 heterocycles. The second-order valence-electron chi connectivity index (χ2n) is 3.32. The maximum atomic E-state index is 5.78. The van der Waals surface area contributed by atoms with Crippen LogP contribution in [0.1, 0.15) is 17.2 Å². The van der Waals surface area contributed by atoms with E-state index in [4.69, 9.17) is 5.73 Å². The highest BCUT2D eigenvalue weighted by molar-refractivity contribution is 5.28. The van der Waals surface area contributed by atoms with E-state index in [1.807, 2.05) is 30.5 Å². The predicted octanol–water partition coefficient (Wildman–Crippen LogP) is 2.11. The first-order valence-corrected chi connectivity index (χ1v) is 4.80. The van der Waals surface area contributed by atoms with Crippen molar-refractivity contribution in [3.05, 3.63) is 59.9 Å². The minimum atomic E-state index is 0.284. The van der Waals surface area contributed by atoms with Crippen molar-refractivity contribution in [1.29, 1.82) is 0 Å². The molecule has 0 fully saturated rings. The average Bonchev–Trinajstić information content (AvgIpc) is 2.74. The highest BCUT2D eigenvalue weighted by Gasteiger charge is 2.11. The topological polar surface area (TPSA) is 41.8 Å². The van der Waals surface area contributed by atoms with Crippen LogP contribution in [0.15, 0.2) is 48.7 Å². The van der Waals surface area contributed by atoms with Gasteiger partial charge in [0.05, 0.1) is 0 Å². The zero-order chi connectivity index (χ0) is 9.80. The predicted molar refractivity (Wildman–Crippen MR) is 58.1 cm³/mol. The fraction of sp³-hybridized carbons (Fsp3) is 0.167. The molecule has 2 rings (SSSR count). The summed E-state index contributed by atoms with van der Waals surface area (Å²) in [5, 5.41) is 0. The molecule has 0 spiro atoms. The summed E-state index contributed by atoms with van der Waals surface area (Å²) in [6, 6.07) is 14.4. The molecule has 2 aromatic rings. The van der Waals surface area contributed by atoms with Gasteiger partial charge in [0.15, 0.2) is 0 Å². The number of nitrogens with one attached hydrogen (secondary N) is 1. The number of aromatic nitrogens is 1. The van der Waals surface area contributed by atoms with Crippen molar-refractivity contribution in [2.45, 2.75) is 5.92 Å². The van der Waals surface area contributed by atoms with Crippen LogP contribution < -0.4 is 5.73 Å². The second kappa shape index (κ2) is 4.11. The van der Waals surface area contributed by atoms with Crippen molar-refractivity contribution in [2.75, 3.05) is 6.54 Å². The van der Waals surface area contributed by atoms with Crippen LogP contribution in [0.4, 0.5) is 0 Å². The van der Waals surface area contributed by atoms with E-state index in [9.17, 15) is 0 Å². The van der Waals surface area contributed by atoms with Gasteiger partial charge in [-0.3, -0.25) is 0 Å². The molecule has 0 amide bonds. The van der Waals surface area contributed by atoms with Gasteiger partial charge in [-0.1, -0.05) is 30.3 Å². The Hall–Kier alpha value is -1.54. The molecule has 2 heteroatoms. The molecule has 1 aromatic carbocycles. The Balaban J connectivity index is 2.31. The molecule has 1 aromatic heterocycles. The molecule has 1 unspecified atom stereocenters. The van der Waals surface area contributed by atoms with Crippen LogP contribution in [0.3, 0.4) is 0 Å². The van der Waals surface area contributed by atoms with E-state index >= 15 is 0 Å². The van der Waals surface area contributed by atoms with E-state index in [1.165, 1.54) is 11.3 Å². The third-order valence-electron chi connectivity index (χ3n) is 2.44. The highest BCUT2D eigenvalue weighted by Crippen LogP contribution is 2.21. The van der Waals surface area contributed by atoms with Gasteiger partial charge in [0, 0.05) is 24.4 Å². The molecular formula is C12H14N2. The summed E-state index contributed by atoms with van der Waals surface area (Å²) < 4.78 is 0. The Bertz CT molecular complexity index is 364. The molecular weight excluding hydrogens is 172 g/mol. The number of benzene rings is 1. The van der Waals surface area contributed by atoms with Gasteiger partial charge in [-0.2, -0.15) is 0 Å². The first-order valence-electron chi connectivity index (χ1n) is 4.80. The van der Waals surface area contributed by atoms with Crippen LogP contribution in [0, 0.1) is 0 Å². The minimum Gasteiger partial charge on any atom is -0.364 e. The largest absolute Gasteiger partial charge is 0.364 e.